The predicted octanol–water partition coefficient (Wildman–Crippen LogP) is 4.17. The summed E-state index contributed by atoms with van der Waals surface area (Å²) in [5, 5.41) is 3.36. The highest BCUT2D eigenvalue weighted by molar-refractivity contribution is 7.99. The number of aromatic nitrogens is 2. The highest BCUT2D eigenvalue weighted by Crippen LogP contribution is 2.27. The van der Waals surface area contributed by atoms with Gasteiger partial charge in [0.05, 0.1) is 17.1 Å². The lowest BCUT2D eigenvalue weighted by molar-refractivity contribution is 0.330. The number of benzene rings is 1. The number of aryl methyl sites for hydroxylation is 2. The molecule has 0 aliphatic rings. The Morgan fingerprint density at radius 2 is 2.00 bits per heavy atom. The lowest BCUT2D eigenvalue weighted by Crippen LogP contribution is -2.14. The quantitative estimate of drug-likeness (QED) is 0.570. The van der Waals surface area contributed by atoms with Gasteiger partial charge in [-0.05, 0) is 38.0 Å². The topological polar surface area (TPSA) is 47.0 Å². The molecule has 2 rings (SSSR count). The molecule has 0 radical (unpaired) electrons. The van der Waals surface area contributed by atoms with Crippen molar-refractivity contribution in [3.63, 3.8) is 0 Å². The van der Waals surface area contributed by atoms with E-state index in [1.165, 1.54) is 11.1 Å². The van der Waals surface area contributed by atoms with E-state index in [2.05, 4.69) is 53.8 Å². The standard InChI is InChI=1S/C17H23N3OS2/c1-12-5-6-15(13(2)9-12)21-8-7-18-17-16(23-4)14(10-22-3)19-11-20-17/h5-6,9,11H,7-8,10H2,1-4H3,(H,18,19,20). The number of rotatable bonds is 8. The summed E-state index contributed by atoms with van der Waals surface area (Å²) in [6.07, 6.45) is 5.76. The van der Waals surface area contributed by atoms with E-state index in [9.17, 15) is 0 Å². The zero-order valence-corrected chi connectivity index (χ0v) is 15.7. The molecular weight excluding hydrogens is 326 g/mol. The molecule has 1 N–H and O–H groups in total. The van der Waals surface area contributed by atoms with Crippen LogP contribution in [0.4, 0.5) is 5.82 Å². The molecule has 0 amide bonds. The summed E-state index contributed by atoms with van der Waals surface area (Å²) in [7, 11) is 0. The Hall–Kier alpha value is -1.40. The predicted molar refractivity (Wildman–Crippen MR) is 101 cm³/mol. The van der Waals surface area contributed by atoms with E-state index in [0.29, 0.717) is 13.2 Å². The molecule has 1 aromatic carbocycles. The largest absolute Gasteiger partial charge is 0.491 e. The molecule has 0 fully saturated rings. The Labute approximate surface area is 146 Å². The van der Waals surface area contributed by atoms with E-state index in [0.717, 1.165) is 27.9 Å². The summed E-state index contributed by atoms with van der Waals surface area (Å²) in [4.78, 5) is 9.85. The van der Waals surface area contributed by atoms with Gasteiger partial charge in [-0.1, -0.05) is 17.7 Å². The smallest absolute Gasteiger partial charge is 0.143 e. The lowest BCUT2D eigenvalue weighted by Gasteiger charge is -2.13. The molecule has 2 aromatic rings. The van der Waals surface area contributed by atoms with Gasteiger partial charge in [-0.25, -0.2) is 9.97 Å². The molecule has 0 spiro atoms. The second-order valence-corrected chi connectivity index (χ2v) is 6.86. The maximum Gasteiger partial charge on any atom is 0.143 e. The van der Waals surface area contributed by atoms with E-state index >= 15 is 0 Å². The van der Waals surface area contributed by atoms with E-state index in [-0.39, 0.29) is 0 Å². The Balaban J connectivity index is 1.92. The van der Waals surface area contributed by atoms with Gasteiger partial charge in [0.15, 0.2) is 0 Å². The SMILES string of the molecule is CSCc1ncnc(NCCOc2ccc(C)cc2C)c1SC. The van der Waals surface area contributed by atoms with Crippen molar-refractivity contribution < 1.29 is 4.74 Å². The molecule has 4 nitrogen and oxygen atoms in total. The van der Waals surface area contributed by atoms with Crippen molar-refractivity contribution in [2.75, 3.05) is 31.0 Å². The van der Waals surface area contributed by atoms with E-state index in [4.69, 9.17) is 4.74 Å². The fourth-order valence-electron chi connectivity index (χ4n) is 2.28. The van der Waals surface area contributed by atoms with Gasteiger partial charge in [0, 0.05) is 5.75 Å². The number of anilines is 1. The highest BCUT2D eigenvalue weighted by atomic mass is 32.2. The molecule has 1 heterocycles. The molecule has 0 saturated carbocycles. The number of thioether (sulfide) groups is 2. The minimum absolute atomic E-state index is 0.597. The number of nitrogens with zero attached hydrogens (tertiary/aromatic N) is 2. The van der Waals surface area contributed by atoms with Crippen molar-refractivity contribution in [3.05, 3.63) is 41.3 Å². The highest BCUT2D eigenvalue weighted by Gasteiger charge is 2.09. The van der Waals surface area contributed by atoms with Crippen LogP contribution in [0.1, 0.15) is 16.8 Å². The van der Waals surface area contributed by atoms with Gasteiger partial charge in [-0.3, -0.25) is 0 Å². The summed E-state index contributed by atoms with van der Waals surface area (Å²) in [6, 6.07) is 6.23. The van der Waals surface area contributed by atoms with E-state index in [1.807, 2.05) is 6.07 Å². The van der Waals surface area contributed by atoms with Crippen LogP contribution in [0.25, 0.3) is 0 Å². The van der Waals surface area contributed by atoms with E-state index in [1.54, 1.807) is 29.9 Å². The first-order chi connectivity index (χ1) is 11.2. The normalized spacial score (nSPS) is 10.6. The van der Waals surface area contributed by atoms with E-state index < -0.39 is 0 Å². The first kappa shape index (κ1) is 17.9. The van der Waals surface area contributed by atoms with Gasteiger partial charge in [-0.2, -0.15) is 11.8 Å². The van der Waals surface area contributed by atoms with Gasteiger partial charge in [0.25, 0.3) is 0 Å². The summed E-state index contributed by atoms with van der Waals surface area (Å²) in [5.74, 6) is 2.72. The van der Waals surface area contributed by atoms with Crippen LogP contribution in [0.15, 0.2) is 29.4 Å². The molecule has 0 bridgehead atoms. The van der Waals surface area contributed by atoms with Crippen LogP contribution >= 0.6 is 23.5 Å². The summed E-state index contributed by atoms with van der Waals surface area (Å²) in [5.41, 5.74) is 3.50. The van der Waals surface area contributed by atoms with Gasteiger partial charge in [0.2, 0.25) is 0 Å². The molecule has 124 valence electrons. The van der Waals surface area contributed by atoms with Crippen LogP contribution in [0.3, 0.4) is 0 Å². The molecule has 1 aromatic heterocycles. The third kappa shape index (κ3) is 5.04. The maximum atomic E-state index is 5.85. The maximum absolute atomic E-state index is 5.85. The van der Waals surface area contributed by atoms with Gasteiger partial charge in [0.1, 0.15) is 24.5 Å². The fourth-order valence-corrected chi connectivity index (χ4v) is 3.54. The Morgan fingerprint density at radius 3 is 2.70 bits per heavy atom. The minimum Gasteiger partial charge on any atom is -0.491 e. The number of hydrogen-bond donors (Lipinski definition) is 1. The molecule has 0 unspecified atom stereocenters. The van der Waals surface area contributed by atoms with Crippen LogP contribution in [0, 0.1) is 13.8 Å². The van der Waals surface area contributed by atoms with Gasteiger partial charge < -0.3 is 10.1 Å². The van der Waals surface area contributed by atoms with Crippen molar-refractivity contribution >= 4 is 29.3 Å². The third-order valence-corrected chi connectivity index (χ3v) is 4.74. The van der Waals surface area contributed by atoms with Crippen molar-refractivity contribution in [1.29, 1.82) is 0 Å². The molecule has 23 heavy (non-hydrogen) atoms. The summed E-state index contributed by atoms with van der Waals surface area (Å²) < 4.78 is 5.85. The lowest BCUT2D eigenvalue weighted by atomic mass is 10.1. The number of nitrogens with one attached hydrogen (secondary N) is 1. The number of ether oxygens (including phenoxy) is 1. The minimum atomic E-state index is 0.597. The Kier molecular flexibility index (Phi) is 7.05. The molecule has 0 aliphatic carbocycles. The molecule has 0 aliphatic heterocycles. The first-order valence-corrected chi connectivity index (χ1v) is 10.1. The van der Waals surface area contributed by atoms with Crippen molar-refractivity contribution in [2.45, 2.75) is 24.5 Å². The average molecular weight is 350 g/mol. The number of hydrogen-bond acceptors (Lipinski definition) is 6. The van der Waals surface area contributed by atoms with Gasteiger partial charge >= 0.3 is 0 Å². The Bertz CT molecular complexity index is 650. The van der Waals surface area contributed by atoms with Crippen LogP contribution in [0.5, 0.6) is 5.75 Å². The molecule has 6 heteroatoms. The molecular formula is C17H23N3OS2. The summed E-state index contributed by atoms with van der Waals surface area (Å²) >= 11 is 3.44. The van der Waals surface area contributed by atoms with Crippen LogP contribution in [-0.4, -0.2) is 35.6 Å². The second-order valence-electron chi connectivity index (χ2n) is 5.18. The summed E-state index contributed by atoms with van der Waals surface area (Å²) in [6.45, 7) is 5.46. The van der Waals surface area contributed by atoms with Crippen molar-refractivity contribution in [2.24, 2.45) is 0 Å². The average Bonchev–Trinajstić information content (AvgIpc) is 2.53. The van der Waals surface area contributed by atoms with Crippen molar-refractivity contribution in [3.8, 4) is 5.75 Å². The second kappa shape index (κ2) is 9.03. The van der Waals surface area contributed by atoms with Crippen molar-refractivity contribution in [1.82, 2.24) is 9.97 Å². The third-order valence-electron chi connectivity index (χ3n) is 3.35. The monoisotopic (exact) mass is 349 g/mol. The Morgan fingerprint density at radius 1 is 1.17 bits per heavy atom. The fraction of sp³-hybridized carbons (Fsp3) is 0.412. The van der Waals surface area contributed by atoms with Gasteiger partial charge in [-0.15, -0.1) is 11.8 Å². The first-order valence-electron chi connectivity index (χ1n) is 7.46. The van der Waals surface area contributed by atoms with Crippen LogP contribution < -0.4 is 10.1 Å². The zero-order chi connectivity index (χ0) is 16.7. The zero-order valence-electron chi connectivity index (χ0n) is 14.0. The molecule has 0 saturated heterocycles. The van der Waals surface area contributed by atoms with Crippen LogP contribution in [-0.2, 0) is 5.75 Å². The van der Waals surface area contributed by atoms with Crippen LogP contribution in [0.2, 0.25) is 0 Å². The molecule has 0 atom stereocenters.